The number of amides is 1. The predicted octanol–water partition coefficient (Wildman–Crippen LogP) is 8.76. The van der Waals surface area contributed by atoms with E-state index in [0.29, 0.717) is 60.6 Å². The molecule has 4 heterocycles. The number of carbonyl (C=O) groups is 2. The molecule has 1 amide bonds. The van der Waals surface area contributed by atoms with E-state index in [1.807, 2.05) is 44.2 Å². The van der Waals surface area contributed by atoms with E-state index in [0.717, 1.165) is 38.9 Å². The topological polar surface area (TPSA) is 160 Å². The summed E-state index contributed by atoms with van der Waals surface area (Å²) in [7, 11) is 5.31. The number of nitrogens with one attached hydrogen (secondary N) is 1. The highest BCUT2D eigenvalue weighted by Gasteiger charge is 2.57. The first kappa shape index (κ1) is 50.8. The number of hydrogen-bond donors (Lipinski definition) is 1. The number of nitriles is 1. The van der Waals surface area contributed by atoms with Gasteiger partial charge in [-0.05, 0) is 72.7 Å². The number of methoxy groups -OCH3 is 2. The first-order valence-corrected chi connectivity index (χ1v) is 26.2. The van der Waals surface area contributed by atoms with E-state index in [9.17, 15) is 14.9 Å². The second-order valence-electron chi connectivity index (χ2n) is 19.1. The summed E-state index contributed by atoms with van der Waals surface area (Å²) in [5, 5.41) is 14.3. The van der Waals surface area contributed by atoms with Crippen molar-refractivity contribution in [1.29, 1.82) is 5.26 Å². The number of ether oxygens (including phenoxy) is 9. The average Bonchev–Trinajstić information content (AvgIpc) is 4.06. The summed E-state index contributed by atoms with van der Waals surface area (Å²) in [6, 6.07) is 27.5. The van der Waals surface area contributed by atoms with E-state index in [2.05, 4.69) is 89.4 Å². The van der Waals surface area contributed by atoms with Gasteiger partial charge in [0, 0.05) is 58.9 Å². The van der Waals surface area contributed by atoms with Crippen LogP contribution in [-0.2, 0) is 43.2 Å². The summed E-state index contributed by atoms with van der Waals surface area (Å²) >= 11 is 1.56. The number of fused-ring (bicyclic) bond motifs is 12. The third kappa shape index (κ3) is 9.52. The molecule has 0 saturated carbocycles. The van der Waals surface area contributed by atoms with Crippen LogP contribution in [0.15, 0.2) is 97.6 Å². The zero-order chi connectivity index (χ0) is 51.5. The van der Waals surface area contributed by atoms with Crippen LogP contribution in [0.25, 0.3) is 11.1 Å². The molecule has 386 valence electrons. The molecule has 5 aromatic carbocycles. The zero-order valence-electron chi connectivity index (χ0n) is 42.4. The maximum absolute atomic E-state index is 14.9. The standard InChI is InChI=1S/C58H62N4O11S/c1-7-21-68-53-35(3)54-56(73-33-72-54)50-42(53)26-46-51-49-37(24-34(2)52(66-6)55(49)71-32-67-23-22-65-5)25-45(61(51)4)47(27-59)62(46)48(50)29-69-57(63)44(60-58(64)70-28-36-15-9-8-10-16-36)31-74-30-43-40-19-13-11-17-38(40)39-18-12-14-20-41(39)43/h7-20,24,43-48,51H,1,21-23,25-26,28-33H2,2-6H3,(H,60,64)/t44-,45-,46?,47+,48+,51+/m1/s1. The van der Waals surface area contributed by atoms with Crippen molar-refractivity contribution < 1.29 is 52.2 Å². The van der Waals surface area contributed by atoms with E-state index in [4.69, 9.17) is 42.6 Å². The van der Waals surface area contributed by atoms with E-state index in [1.165, 1.54) is 22.3 Å². The molecule has 1 aliphatic carbocycles. The summed E-state index contributed by atoms with van der Waals surface area (Å²) in [6.07, 6.45) is 1.89. The number of esters is 1. The highest BCUT2D eigenvalue weighted by molar-refractivity contribution is 7.99. The van der Waals surface area contributed by atoms with Gasteiger partial charge in [-0.3, -0.25) is 9.80 Å². The number of nitrogens with zero attached hydrogens (tertiary/aromatic N) is 3. The maximum atomic E-state index is 14.9. The molecule has 74 heavy (non-hydrogen) atoms. The third-order valence-electron chi connectivity index (χ3n) is 15.0. The molecule has 10 rings (SSSR count). The molecule has 5 aromatic rings. The number of benzene rings is 5. The van der Waals surface area contributed by atoms with Gasteiger partial charge in [-0.2, -0.15) is 17.0 Å². The van der Waals surface area contributed by atoms with Gasteiger partial charge in [0.1, 0.15) is 37.7 Å². The van der Waals surface area contributed by atoms with E-state index >= 15 is 0 Å². The van der Waals surface area contributed by atoms with Crippen LogP contribution < -0.4 is 29.0 Å². The number of piperazine rings is 1. The molecule has 1 unspecified atom stereocenters. The minimum atomic E-state index is -1.10. The van der Waals surface area contributed by atoms with Crippen LogP contribution in [-0.4, -0.2) is 119 Å². The van der Waals surface area contributed by atoms with Crippen LogP contribution in [0.5, 0.6) is 28.7 Å². The highest BCUT2D eigenvalue weighted by Crippen LogP contribution is 2.59. The summed E-state index contributed by atoms with van der Waals surface area (Å²) in [6.45, 7) is 8.60. The van der Waals surface area contributed by atoms with Gasteiger partial charge in [-0.1, -0.05) is 97.6 Å². The van der Waals surface area contributed by atoms with Gasteiger partial charge in [0.25, 0.3) is 0 Å². The number of carbonyl (C=O) groups excluding carboxylic acids is 2. The van der Waals surface area contributed by atoms with Crippen LogP contribution in [0.3, 0.4) is 0 Å². The largest absolute Gasteiger partial charge is 0.493 e. The molecule has 0 radical (unpaired) electrons. The monoisotopic (exact) mass is 1020 g/mol. The molecule has 15 nitrogen and oxygen atoms in total. The molecule has 1 N–H and O–H groups in total. The van der Waals surface area contributed by atoms with Crippen molar-refractivity contribution in [3.05, 3.63) is 148 Å². The van der Waals surface area contributed by atoms with Crippen molar-refractivity contribution in [2.24, 2.45) is 0 Å². The highest BCUT2D eigenvalue weighted by atomic mass is 32.2. The number of thioether (sulfide) groups is 1. The average molecular weight is 1020 g/mol. The molecule has 16 heteroatoms. The molecule has 5 aliphatic rings. The molecular weight excluding hydrogens is 961 g/mol. The van der Waals surface area contributed by atoms with Gasteiger partial charge in [0.2, 0.25) is 6.79 Å². The fraction of sp³-hybridized carbons (Fsp3) is 0.397. The Balaban J connectivity index is 1.01. The summed E-state index contributed by atoms with van der Waals surface area (Å²) in [5.74, 6) is 3.11. The summed E-state index contributed by atoms with van der Waals surface area (Å²) in [5.41, 5.74) is 10.9. The van der Waals surface area contributed by atoms with E-state index in [1.54, 1.807) is 32.1 Å². The fourth-order valence-corrected chi connectivity index (χ4v) is 13.0. The number of hydrogen-bond acceptors (Lipinski definition) is 15. The second kappa shape index (κ2) is 22.4. The first-order valence-electron chi connectivity index (χ1n) is 25.0. The second-order valence-corrected chi connectivity index (χ2v) is 20.2. The van der Waals surface area contributed by atoms with Gasteiger partial charge in [0.15, 0.2) is 29.8 Å². The van der Waals surface area contributed by atoms with Gasteiger partial charge in [0.05, 0.1) is 38.5 Å². The van der Waals surface area contributed by atoms with Crippen LogP contribution in [0.1, 0.15) is 68.1 Å². The Hall–Kier alpha value is -6.74. The minimum Gasteiger partial charge on any atom is -0.493 e. The SMILES string of the molecule is C=CCOc1c(C)c2c(c3c1CC1[C@H]4c5c(cc(C)c(OC)c5OCOCCOC)C[C@H]([C@H](C#N)N1[C@H]3COC(=O)[C@@H](CSCC1c3ccccc3-c3ccccc31)NC(=O)OCc1ccccc1)N4C)OCO2. The Morgan fingerprint density at radius 1 is 0.892 bits per heavy atom. The van der Waals surface area contributed by atoms with Crippen LogP contribution in [0, 0.1) is 25.2 Å². The Morgan fingerprint density at radius 3 is 2.34 bits per heavy atom. The lowest BCUT2D eigenvalue weighted by molar-refractivity contribution is -0.150. The van der Waals surface area contributed by atoms with Gasteiger partial charge < -0.3 is 47.9 Å². The van der Waals surface area contributed by atoms with Gasteiger partial charge in [-0.15, -0.1) is 0 Å². The van der Waals surface area contributed by atoms with Crippen molar-refractivity contribution in [3.63, 3.8) is 0 Å². The predicted molar refractivity (Wildman–Crippen MR) is 279 cm³/mol. The van der Waals surface area contributed by atoms with Crippen molar-refractivity contribution in [1.82, 2.24) is 15.1 Å². The van der Waals surface area contributed by atoms with Crippen molar-refractivity contribution in [3.8, 4) is 45.9 Å². The zero-order valence-corrected chi connectivity index (χ0v) is 43.2. The van der Waals surface area contributed by atoms with Crippen LogP contribution in [0.2, 0.25) is 0 Å². The number of alkyl carbamates (subject to hydrolysis) is 1. The van der Waals surface area contributed by atoms with E-state index < -0.39 is 36.2 Å². The van der Waals surface area contributed by atoms with Gasteiger partial charge in [-0.25, -0.2) is 9.59 Å². The van der Waals surface area contributed by atoms with Crippen molar-refractivity contribution >= 4 is 23.8 Å². The van der Waals surface area contributed by atoms with Crippen LogP contribution in [0.4, 0.5) is 4.79 Å². The Labute approximate surface area is 436 Å². The molecule has 2 bridgehead atoms. The lowest BCUT2D eigenvalue weighted by Crippen LogP contribution is -2.68. The van der Waals surface area contributed by atoms with Crippen LogP contribution >= 0.6 is 11.8 Å². The quantitative estimate of drug-likeness (QED) is 0.0341. The molecule has 1 saturated heterocycles. The Bertz CT molecular complexity index is 2900. The smallest absolute Gasteiger partial charge is 0.408 e. The molecule has 0 spiro atoms. The lowest BCUT2D eigenvalue weighted by atomic mass is 9.71. The molecule has 4 aliphatic heterocycles. The van der Waals surface area contributed by atoms with E-state index in [-0.39, 0.29) is 57.2 Å². The Morgan fingerprint density at radius 2 is 1.62 bits per heavy atom. The molecule has 0 aromatic heterocycles. The lowest BCUT2D eigenvalue weighted by Gasteiger charge is -2.60. The third-order valence-corrected chi connectivity index (χ3v) is 16.2. The molecular formula is C58H62N4O11S. The number of likely N-dealkylation sites (N-methyl/N-ethyl adjacent to an activating group) is 1. The number of aryl methyl sites for hydroxylation is 1. The van der Waals surface area contributed by atoms with Crippen molar-refractivity contribution in [2.75, 3.05) is 72.8 Å². The minimum absolute atomic E-state index is 0.0176. The number of rotatable bonds is 20. The van der Waals surface area contributed by atoms with Gasteiger partial charge >= 0.3 is 12.1 Å². The molecule has 1 fully saturated rings. The Kier molecular flexibility index (Phi) is 15.4. The summed E-state index contributed by atoms with van der Waals surface area (Å²) < 4.78 is 55.0. The molecule has 6 atom stereocenters. The fourth-order valence-electron chi connectivity index (χ4n) is 11.8. The first-order chi connectivity index (χ1) is 36.2. The maximum Gasteiger partial charge on any atom is 0.408 e. The normalized spacial score (nSPS) is 20.4. The van der Waals surface area contributed by atoms with Crippen molar-refractivity contribution in [2.45, 2.75) is 75.5 Å². The summed E-state index contributed by atoms with van der Waals surface area (Å²) in [4.78, 5) is 33.1.